The highest BCUT2D eigenvalue weighted by Crippen LogP contribution is 2.22. The maximum Gasteiger partial charge on any atom is 0.121 e. The number of rotatable bonds is 4. The minimum absolute atomic E-state index is 0.421. The number of phenols is 1. The number of benzene rings is 1. The molecule has 0 amide bonds. The molecule has 0 aliphatic heterocycles. The second-order valence-electron chi connectivity index (χ2n) is 4.26. The predicted molar refractivity (Wildman–Crippen MR) is 73.0 cm³/mol. The SMILES string of the molecule is CC#CCC/C(C)=C/Cc1cccc(C)c1O. The van der Waals surface area contributed by atoms with Gasteiger partial charge in [0.1, 0.15) is 5.75 Å². The van der Waals surface area contributed by atoms with E-state index in [1.807, 2.05) is 32.0 Å². The second-order valence-corrected chi connectivity index (χ2v) is 4.26. The van der Waals surface area contributed by atoms with Gasteiger partial charge in [-0.1, -0.05) is 29.8 Å². The van der Waals surface area contributed by atoms with Gasteiger partial charge in [-0.15, -0.1) is 11.8 Å². The first-order valence-electron chi connectivity index (χ1n) is 5.98. The van der Waals surface area contributed by atoms with Gasteiger partial charge in [0.25, 0.3) is 0 Å². The van der Waals surface area contributed by atoms with Gasteiger partial charge in [-0.3, -0.25) is 0 Å². The van der Waals surface area contributed by atoms with Crippen LogP contribution in [0.2, 0.25) is 0 Å². The zero-order valence-corrected chi connectivity index (χ0v) is 10.9. The van der Waals surface area contributed by atoms with Crippen LogP contribution in [0.1, 0.15) is 37.8 Å². The molecule has 0 atom stereocenters. The molecule has 1 rings (SSSR count). The maximum absolute atomic E-state index is 9.87. The van der Waals surface area contributed by atoms with Crippen LogP contribution in [0.15, 0.2) is 29.8 Å². The van der Waals surface area contributed by atoms with E-state index >= 15 is 0 Å². The van der Waals surface area contributed by atoms with Crippen LogP contribution < -0.4 is 0 Å². The molecule has 90 valence electrons. The van der Waals surface area contributed by atoms with Crippen molar-refractivity contribution in [2.45, 2.75) is 40.0 Å². The molecule has 1 aromatic rings. The third-order valence-corrected chi connectivity index (χ3v) is 2.81. The van der Waals surface area contributed by atoms with E-state index in [4.69, 9.17) is 0 Å². The normalized spacial score (nSPS) is 10.9. The molecule has 1 N–H and O–H groups in total. The molecular formula is C16H20O. The zero-order valence-electron chi connectivity index (χ0n) is 10.9. The number of aryl methyl sites for hydroxylation is 1. The third kappa shape index (κ3) is 4.36. The van der Waals surface area contributed by atoms with Crippen LogP contribution >= 0.6 is 0 Å². The summed E-state index contributed by atoms with van der Waals surface area (Å²) in [5, 5.41) is 9.87. The Hall–Kier alpha value is -1.68. The summed E-state index contributed by atoms with van der Waals surface area (Å²) in [6.07, 6.45) is 4.89. The van der Waals surface area contributed by atoms with E-state index in [2.05, 4.69) is 24.8 Å². The van der Waals surface area contributed by atoms with Crippen molar-refractivity contribution in [2.75, 3.05) is 0 Å². The highest BCUT2D eigenvalue weighted by Gasteiger charge is 2.01. The number of aromatic hydroxyl groups is 1. The Labute approximate surface area is 104 Å². The van der Waals surface area contributed by atoms with Crippen molar-refractivity contribution in [3.05, 3.63) is 41.0 Å². The molecule has 0 aliphatic rings. The predicted octanol–water partition coefficient (Wildman–Crippen LogP) is 3.99. The third-order valence-electron chi connectivity index (χ3n) is 2.81. The number of hydrogen-bond acceptors (Lipinski definition) is 1. The first-order valence-corrected chi connectivity index (χ1v) is 5.98. The molecule has 0 spiro atoms. The molecule has 0 saturated heterocycles. The Morgan fingerprint density at radius 3 is 2.88 bits per heavy atom. The first-order chi connectivity index (χ1) is 8.15. The highest BCUT2D eigenvalue weighted by molar-refractivity contribution is 5.40. The summed E-state index contributed by atoms with van der Waals surface area (Å²) < 4.78 is 0. The molecule has 0 aromatic heterocycles. The zero-order chi connectivity index (χ0) is 12.7. The van der Waals surface area contributed by atoms with Crippen LogP contribution in [-0.4, -0.2) is 5.11 Å². The molecule has 0 heterocycles. The number of hydrogen-bond donors (Lipinski definition) is 1. The topological polar surface area (TPSA) is 20.2 Å². The van der Waals surface area contributed by atoms with Gasteiger partial charge in [-0.05, 0) is 44.7 Å². The first kappa shape index (κ1) is 13.4. The average Bonchev–Trinajstić information content (AvgIpc) is 2.31. The van der Waals surface area contributed by atoms with Gasteiger partial charge >= 0.3 is 0 Å². The summed E-state index contributed by atoms with van der Waals surface area (Å²) in [5.41, 5.74) is 3.25. The fraction of sp³-hybridized carbons (Fsp3) is 0.375. The average molecular weight is 228 g/mol. The number of para-hydroxylation sites is 1. The van der Waals surface area contributed by atoms with Gasteiger partial charge in [0.2, 0.25) is 0 Å². The summed E-state index contributed by atoms with van der Waals surface area (Å²) in [5.74, 6) is 6.38. The largest absolute Gasteiger partial charge is 0.507 e. The van der Waals surface area contributed by atoms with Crippen molar-refractivity contribution in [2.24, 2.45) is 0 Å². The van der Waals surface area contributed by atoms with Crippen molar-refractivity contribution < 1.29 is 5.11 Å². The summed E-state index contributed by atoms with van der Waals surface area (Å²) in [6, 6.07) is 5.88. The van der Waals surface area contributed by atoms with Crippen molar-refractivity contribution in [1.29, 1.82) is 0 Å². The van der Waals surface area contributed by atoms with Crippen LogP contribution in [0, 0.1) is 18.8 Å². The van der Waals surface area contributed by atoms with Crippen LogP contribution in [0.3, 0.4) is 0 Å². The fourth-order valence-electron chi connectivity index (χ4n) is 1.66. The van der Waals surface area contributed by atoms with E-state index in [1.165, 1.54) is 5.57 Å². The standard InChI is InChI=1S/C16H20O/c1-4-5-6-8-13(2)11-12-15-10-7-9-14(3)16(15)17/h7,9-11,17H,6,8,12H2,1-3H3/b13-11+. The van der Waals surface area contributed by atoms with Gasteiger partial charge in [0.05, 0.1) is 0 Å². The van der Waals surface area contributed by atoms with Crippen molar-refractivity contribution in [3.8, 4) is 17.6 Å². The molecule has 1 nitrogen and oxygen atoms in total. The van der Waals surface area contributed by atoms with Crippen LogP contribution in [-0.2, 0) is 6.42 Å². The van der Waals surface area contributed by atoms with E-state index in [9.17, 15) is 5.11 Å². The molecular weight excluding hydrogens is 208 g/mol. The van der Waals surface area contributed by atoms with Gasteiger partial charge in [-0.2, -0.15) is 0 Å². The Kier molecular flexibility index (Phi) is 5.36. The molecule has 0 fully saturated rings. The van der Waals surface area contributed by atoms with Gasteiger partial charge in [-0.25, -0.2) is 0 Å². The quantitative estimate of drug-likeness (QED) is 0.610. The van der Waals surface area contributed by atoms with Gasteiger partial charge in [0.15, 0.2) is 0 Å². The van der Waals surface area contributed by atoms with Crippen molar-refractivity contribution >= 4 is 0 Å². The molecule has 17 heavy (non-hydrogen) atoms. The summed E-state index contributed by atoms with van der Waals surface area (Å²) in [7, 11) is 0. The van der Waals surface area contributed by atoms with E-state index in [0.29, 0.717) is 5.75 Å². The molecule has 0 radical (unpaired) electrons. The lowest BCUT2D eigenvalue weighted by molar-refractivity contribution is 0.465. The smallest absolute Gasteiger partial charge is 0.121 e. The molecule has 0 unspecified atom stereocenters. The number of phenolic OH excluding ortho intramolecular Hbond substituents is 1. The maximum atomic E-state index is 9.87. The van der Waals surface area contributed by atoms with Gasteiger partial charge < -0.3 is 5.11 Å². The molecule has 1 heteroatoms. The fourth-order valence-corrected chi connectivity index (χ4v) is 1.66. The Balaban J connectivity index is 2.61. The second kappa shape index (κ2) is 6.81. The minimum atomic E-state index is 0.421. The Morgan fingerprint density at radius 2 is 2.18 bits per heavy atom. The monoisotopic (exact) mass is 228 g/mol. The lowest BCUT2D eigenvalue weighted by atomic mass is 10.0. The van der Waals surface area contributed by atoms with Crippen LogP contribution in [0.5, 0.6) is 5.75 Å². The van der Waals surface area contributed by atoms with Crippen LogP contribution in [0.4, 0.5) is 0 Å². The van der Waals surface area contributed by atoms with E-state index in [0.717, 1.165) is 30.4 Å². The van der Waals surface area contributed by atoms with Gasteiger partial charge in [0, 0.05) is 6.42 Å². The van der Waals surface area contributed by atoms with Crippen molar-refractivity contribution in [1.82, 2.24) is 0 Å². The van der Waals surface area contributed by atoms with Crippen LogP contribution in [0.25, 0.3) is 0 Å². The van der Waals surface area contributed by atoms with E-state index in [-0.39, 0.29) is 0 Å². The summed E-state index contributed by atoms with van der Waals surface area (Å²) >= 11 is 0. The molecule has 0 aliphatic carbocycles. The Bertz CT molecular complexity index is 458. The Morgan fingerprint density at radius 1 is 1.41 bits per heavy atom. The van der Waals surface area contributed by atoms with E-state index in [1.54, 1.807) is 0 Å². The summed E-state index contributed by atoms with van der Waals surface area (Å²) in [4.78, 5) is 0. The highest BCUT2D eigenvalue weighted by atomic mass is 16.3. The minimum Gasteiger partial charge on any atom is -0.507 e. The lowest BCUT2D eigenvalue weighted by Crippen LogP contribution is -1.87. The summed E-state index contributed by atoms with van der Waals surface area (Å²) in [6.45, 7) is 5.90. The van der Waals surface area contributed by atoms with E-state index < -0.39 is 0 Å². The molecule has 0 bridgehead atoms. The molecule has 0 saturated carbocycles. The lowest BCUT2D eigenvalue weighted by Gasteiger charge is -2.05. The number of allylic oxidation sites excluding steroid dienone is 2. The molecule has 1 aromatic carbocycles. The van der Waals surface area contributed by atoms with Crippen molar-refractivity contribution in [3.63, 3.8) is 0 Å².